The summed E-state index contributed by atoms with van der Waals surface area (Å²) in [6.45, 7) is 6.91. The van der Waals surface area contributed by atoms with Gasteiger partial charge in [0.1, 0.15) is 0 Å². The molecule has 21 aromatic rings. The first-order valence-electron chi connectivity index (χ1n) is 40.2. The lowest BCUT2D eigenvalue weighted by Crippen LogP contribution is -2.61. The molecule has 0 aliphatic carbocycles. The van der Waals surface area contributed by atoms with Crippen molar-refractivity contribution in [1.82, 2.24) is 9.13 Å². The summed E-state index contributed by atoms with van der Waals surface area (Å²) < 4.78 is 5.23. The summed E-state index contributed by atoms with van der Waals surface area (Å²) in [5, 5.41) is 14.5. The van der Waals surface area contributed by atoms with Crippen molar-refractivity contribution < 1.29 is 0 Å². The molecular weight excluding hydrogens is 1390 g/mol. The minimum absolute atomic E-state index is 0.313. The summed E-state index contributed by atoms with van der Waals surface area (Å²) in [6.07, 6.45) is 0. The summed E-state index contributed by atoms with van der Waals surface area (Å²) in [5.74, 6) is 0. The highest BCUT2D eigenvalue weighted by Gasteiger charge is 2.47. The predicted octanol–water partition coefficient (Wildman–Crippen LogP) is 27.9. The number of nitrogens with zero attached hydrogens (tertiary/aromatic N) is 4. The van der Waals surface area contributed by atoms with Gasteiger partial charge in [0, 0.05) is 99.5 Å². The van der Waals surface area contributed by atoms with E-state index in [1.54, 1.807) is 0 Å². The highest BCUT2D eigenvalue weighted by atomic mass is 15.2. The van der Waals surface area contributed by atoms with Gasteiger partial charge in [-0.25, -0.2) is 0 Å². The largest absolute Gasteiger partial charge is 0.310 e. The zero-order valence-electron chi connectivity index (χ0n) is 64.0. The van der Waals surface area contributed by atoms with Crippen LogP contribution in [0.2, 0.25) is 0 Å². The quantitative estimate of drug-likeness (QED) is 0.127. The fourth-order valence-electron chi connectivity index (χ4n) is 19.4. The smallest absolute Gasteiger partial charge is 0.252 e. The fraction of sp³-hybridized carbons (Fsp3) is 0.0364. The SMILES string of the molecule is CC(C)(C)c1cc2c3c(c1)N(c1c(-c4ccccc4)cc(-c4ccccc4)cc1-c1ccccc1)c1cc(-n4c5c6ccccc6ccc5c5ccc6ccccc6c54)ccc1B3c1ccc(-n3c4c5ccccc5ccc4c4ccc5ccccc5c43)cc1N2c1c(-c2ccccc2)cc(-c2ccccc2)cc1-c1ccccc1. The first-order chi connectivity index (χ1) is 56.7. The third-order valence-electron chi connectivity index (χ3n) is 24.7. The molecule has 0 fully saturated rings. The molecule has 4 nitrogen and oxygen atoms in total. The number of aromatic nitrogens is 2. The number of hydrogen-bond acceptors (Lipinski definition) is 2. The Kier molecular flexibility index (Phi) is 15.0. The van der Waals surface area contributed by atoms with Gasteiger partial charge in [0.25, 0.3) is 6.71 Å². The Hall–Kier alpha value is -14.5. The second kappa shape index (κ2) is 26.0. The summed E-state index contributed by atoms with van der Waals surface area (Å²) in [6, 6.07) is 152. The normalized spacial score (nSPS) is 12.6. The van der Waals surface area contributed by atoms with Gasteiger partial charge in [-0.1, -0.05) is 360 Å². The van der Waals surface area contributed by atoms with Crippen LogP contribution in [-0.4, -0.2) is 15.8 Å². The predicted molar refractivity (Wildman–Crippen MR) is 490 cm³/mol. The second-order valence-electron chi connectivity index (χ2n) is 32.2. The average Bonchev–Trinajstić information content (AvgIpc) is 0.790. The maximum Gasteiger partial charge on any atom is 0.252 e. The minimum atomic E-state index is -0.387. The highest BCUT2D eigenvalue weighted by Crippen LogP contribution is 2.57. The van der Waals surface area contributed by atoms with E-state index in [-0.39, 0.29) is 12.1 Å². The lowest BCUT2D eigenvalue weighted by atomic mass is 9.33. The van der Waals surface area contributed by atoms with Crippen LogP contribution < -0.4 is 26.2 Å². The van der Waals surface area contributed by atoms with Crippen molar-refractivity contribution in [2.75, 3.05) is 9.80 Å². The van der Waals surface area contributed by atoms with E-state index in [1.807, 2.05) is 0 Å². The molecule has 0 atom stereocenters. The summed E-state index contributed by atoms with van der Waals surface area (Å²) in [4.78, 5) is 5.49. The molecule has 2 aromatic heterocycles. The van der Waals surface area contributed by atoms with Crippen LogP contribution in [0.5, 0.6) is 0 Å². The number of benzene rings is 19. The Morgan fingerprint density at radius 3 is 0.774 bits per heavy atom. The van der Waals surface area contributed by atoms with Crippen LogP contribution in [0.15, 0.2) is 400 Å². The molecule has 5 heteroatoms. The molecule has 2 aliphatic rings. The lowest BCUT2D eigenvalue weighted by molar-refractivity contribution is 0.590. The van der Waals surface area contributed by atoms with Crippen LogP contribution in [0.1, 0.15) is 26.3 Å². The maximum atomic E-state index is 2.74. The molecule has 538 valence electrons. The van der Waals surface area contributed by atoms with Gasteiger partial charge < -0.3 is 18.9 Å². The molecule has 19 aromatic carbocycles. The molecule has 115 heavy (non-hydrogen) atoms. The Morgan fingerprint density at radius 1 is 0.217 bits per heavy atom. The minimum Gasteiger partial charge on any atom is -0.310 e. The summed E-state index contributed by atoms with van der Waals surface area (Å²) in [7, 11) is 0. The molecule has 0 amide bonds. The van der Waals surface area contributed by atoms with Crippen LogP contribution in [0, 0.1) is 0 Å². The number of anilines is 6. The molecule has 0 saturated heterocycles. The van der Waals surface area contributed by atoms with Crippen molar-refractivity contribution >= 4 is 144 Å². The van der Waals surface area contributed by atoms with E-state index < -0.39 is 0 Å². The standard InChI is InChI=1S/C110H75BN4/c1-110(2,3)82-66-101-103-102(67-82)115(109-95(74-38-18-8-19-39-74)64-81(71-32-12-5-13-33-71)65-96(109)75-40-20-9-21-41-75)100-69-84(113-106-87-48-28-24-44-78(87)52-58-91(106)92-59-53-79-45-25-29-49-88(79)107(92)113)55-61-98(100)111(103)97-60-54-83(112-104-85-46-26-22-42-76(85)50-56-89(104)90-57-51-77-43-23-27-47-86(77)105(90)112)68-99(97)114(101)108-93(72-34-14-6-15-35-72)62-80(70-30-10-4-11-31-70)63-94(108)73-36-16-7-17-37-73/h4-69H,1-3H3. The van der Waals surface area contributed by atoms with Crippen LogP contribution in [0.3, 0.4) is 0 Å². The summed E-state index contributed by atoms with van der Waals surface area (Å²) >= 11 is 0. The van der Waals surface area contributed by atoms with Crippen LogP contribution in [0.4, 0.5) is 34.1 Å². The fourth-order valence-corrected chi connectivity index (χ4v) is 19.4. The number of fused-ring (bicyclic) bond motifs is 18. The van der Waals surface area contributed by atoms with E-state index in [9.17, 15) is 0 Å². The van der Waals surface area contributed by atoms with Gasteiger partial charge in [0.2, 0.25) is 0 Å². The van der Waals surface area contributed by atoms with Gasteiger partial charge in [-0.05, 0) is 154 Å². The topological polar surface area (TPSA) is 16.3 Å². The molecule has 23 rings (SSSR count). The highest BCUT2D eigenvalue weighted by molar-refractivity contribution is 7.00. The first kappa shape index (κ1) is 66.3. The zero-order valence-corrected chi connectivity index (χ0v) is 64.0. The Bertz CT molecular complexity index is 6800. The Morgan fingerprint density at radius 2 is 0.487 bits per heavy atom. The van der Waals surface area contributed by atoms with Crippen molar-refractivity contribution in [3.05, 3.63) is 406 Å². The van der Waals surface area contributed by atoms with E-state index in [1.165, 1.54) is 109 Å². The van der Waals surface area contributed by atoms with Gasteiger partial charge in [0.05, 0.1) is 33.4 Å². The first-order valence-corrected chi connectivity index (χ1v) is 40.2. The maximum absolute atomic E-state index is 2.74. The molecule has 0 radical (unpaired) electrons. The Labute approximate surface area is 668 Å². The molecule has 0 N–H and O–H groups in total. The lowest BCUT2D eigenvalue weighted by Gasteiger charge is -2.46. The van der Waals surface area contributed by atoms with E-state index in [2.05, 4.69) is 440 Å². The zero-order chi connectivity index (χ0) is 76.1. The van der Waals surface area contributed by atoms with Crippen LogP contribution in [0.25, 0.3) is 165 Å². The monoisotopic (exact) mass is 1460 g/mol. The van der Waals surface area contributed by atoms with Crippen molar-refractivity contribution in [2.45, 2.75) is 26.2 Å². The molecule has 4 heterocycles. The molecule has 0 saturated carbocycles. The molecule has 0 unspecified atom stereocenters. The van der Waals surface area contributed by atoms with Crippen molar-refractivity contribution in [3.8, 4) is 78.1 Å². The van der Waals surface area contributed by atoms with Gasteiger partial charge in [-0.2, -0.15) is 0 Å². The average molecular weight is 1460 g/mol. The van der Waals surface area contributed by atoms with E-state index in [0.717, 1.165) is 112 Å². The van der Waals surface area contributed by atoms with E-state index in [0.29, 0.717) is 0 Å². The van der Waals surface area contributed by atoms with E-state index in [4.69, 9.17) is 0 Å². The van der Waals surface area contributed by atoms with Gasteiger partial charge in [0.15, 0.2) is 0 Å². The molecule has 0 bridgehead atoms. The number of hydrogen-bond donors (Lipinski definition) is 0. The third kappa shape index (κ3) is 10.4. The van der Waals surface area contributed by atoms with Crippen molar-refractivity contribution in [1.29, 1.82) is 0 Å². The molecule has 0 spiro atoms. The van der Waals surface area contributed by atoms with E-state index >= 15 is 0 Å². The van der Waals surface area contributed by atoms with Gasteiger partial charge in [-0.15, -0.1) is 0 Å². The van der Waals surface area contributed by atoms with Crippen LogP contribution in [-0.2, 0) is 5.41 Å². The van der Waals surface area contributed by atoms with Crippen molar-refractivity contribution in [3.63, 3.8) is 0 Å². The van der Waals surface area contributed by atoms with Gasteiger partial charge in [-0.3, -0.25) is 0 Å². The van der Waals surface area contributed by atoms with Crippen molar-refractivity contribution in [2.24, 2.45) is 0 Å². The summed E-state index contributed by atoms with van der Waals surface area (Å²) in [5.41, 5.74) is 31.6. The van der Waals surface area contributed by atoms with Gasteiger partial charge >= 0.3 is 0 Å². The second-order valence-corrected chi connectivity index (χ2v) is 32.2. The van der Waals surface area contributed by atoms with Crippen LogP contribution >= 0.6 is 0 Å². The molecular formula is C110H75BN4. The third-order valence-corrected chi connectivity index (χ3v) is 24.7. The Balaban J connectivity index is 0.916. The number of rotatable bonds is 10. The molecule has 2 aliphatic heterocycles.